The molecule has 1 aromatic carbocycles. The van der Waals surface area contributed by atoms with Gasteiger partial charge < -0.3 is 19.1 Å². The van der Waals surface area contributed by atoms with Crippen molar-refractivity contribution in [1.82, 2.24) is 4.90 Å². The van der Waals surface area contributed by atoms with E-state index >= 15 is 0 Å². The number of benzene rings is 1. The van der Waals surface area contributed by atoms with Crippen molar-refractivity contribution < 1.29 is 19.0 Å². The van der Waals surface area contributed by atoms with Crippen LogP contribution in [0, 0.1) is 0 Å². The maximum Gasteiger partial charge on any atom is 0.338 e. The van der Waals surface area contributed by atoms with Crippen molar-refractivity contribution in [1.29, 1.82) is 0 Å². The lowest BCUT2D eigenvalue weighted by atomic mass is 9.93. The molecular weight excluding hydrogens is 352 g/mol. The molecule has 2 heterocycles. The van der Waals surface area contributed by atoms with Crippen molar-refractivity contribution in [3.63, 3.8) is 0 Å². The van der Waals surface area contributed by atoms with E-state index < -0.39 is 0 Å². The fourth-order valence-electron chi connectivity index (χ4n) is 3.13. The molecule has 1 atom stereocenters. The topological polar surface area (TPSA) is 60.4 Å². The molecule has 26 heavy (non-hydrogen) atoms. The van der Waals surface area contributed by atoms with Gasteiger partial charge in [-0.1, -0.05) is 11.8 Å². The molecule has 0 aliphatic carbocycles. The van der Waals surface area contributed by atoms with Crippen LogP contribution in [0.3, 0.4) is 0 Å². The highest BCUT2D eigenvalue weighted by Gasteiger charge is 2.40. The van der Waals surface area contributed by atoms with Crippen LogP contribution in [0.25, 0.3) is 0 Å². The number of hydrogen-bond donors (Lipinski definition) is 0. The molecule has 0 bridgehead atoms. The quantitative estimate of drug-likeness (QED) is 0.730. The second-order valence-corrected chi connectivity index (χ2v) is 6.71. The van der Waals surface area contributed by atoms with Crippen LogP contribution in [0.4, 0.5) is 0 Å². The largest absolute Gasteiger partial charge is 0.497 e. The summed E-state index contributed by atoms with van der Waals surface area (Å²) in [6.45, 7) is 5.95. The van der Waals surface area contributed by atoms with Gasteiger partial charge in [-0.25, -0.2) is 9.79 Å². The summed E-state index contributed by atoms with van der Waals surface area (Å²) in [6.07, 6.45) is 0. The highest BCUT2D eigenvalue weighted by Crippen LogP contribution is 2.46. The molecule has 2 aliphatic rings. The summed E-state index contributed by atoms with van der Waals surface area (Å²) in [4.78, 5) is 19.4. The predicted molar refractivity (Wildman–Crippen MR) is 102 cm³/mol. The second-order valence-electron chi connectivity index (χ2n) is 5.87. The van der Waals surface area contributed by atoms with E-state index in [1.54, 1.807) is 32.9 Å². The average Bonchev–Trinajstić information content (AvgIpc) is 3.00. The van der Waals surface area contributed by atoms with E-state index in [9.17, 15) is 4.79 Å². The Kier molecular flexibility index (Phi) is 5.27. The van der Waals surface area contributed by atoms with Crippen LogP contribution in [0.2, 0.25) is 0 Å². The maximum atomic E-state index is 12.7. The van der Waals surface area contributed by atoms with Gasteiger partial charge in [-0.3, -0.25) is 0 Å². The van der Waals surface area contributed by atoms with E-state index in [0.29, 0.717) is 29.4 Å². The molecule has 0 saturated carbocycles. The first kappa shape index (κ1) is 18.4. The molecule has 0 radical (unpaired) electrons. The molecule has 0 fully saturated rings. The second kappa shape index (κ2) is 7.45. The number of methoxy groups -OCH3 is 2. The van der Waals surface area contributed by atoms with E-state index in [0.717, 1.165) is 16.4 Å². The lowest BCUT2D eigenvalue weighted by Crippen LogP contribution is -2.36. The number of fused-ring (bicyclic) bond motifs is 1. The van der Waals surface area contributed by atoms with Crippen LogP contribution in [-0.2, 0) is 9.53 Å². The highest BCUT2D eigenvalue weighted by molar-refractivity contribution is 8.16. The molecule has 0 unspecified atom stereocenters. The van der Waals surface area contributed by atoms with Crippen molar-refractivity contribution in [2.75, 3.05) is 20.8 Å². The van der Waals surface area contributed by atoms with Gasteiger partial charge in [0.1, 0.15) is 11.5 Å². The molecule has 3 rings (SSSR count). The summed E-state index contributed by atoms with van der Waals surface area (Å²) >= 11 is 1.55. The number of nitrogens with zero attached hydrogens (tertiary/aromatic N) is 2. The molecule has 0 N–H and O–H groups in total. The van der Waals surface area contributed by atoms with Crippen LogP contribution in [0.1, 0.15) is 32.4 Å². The lowest BCUT2D eigenvalue weighted by molar-refractivity contribution is -0.139. The number of esters is 1. The number of carbonyl (C=O) groups is 1. The van der Waals surface area contributed by atoms with E-state index in [1.807, 2.05) is 42.4 Å². The van der Waals surface area contributed by atoms with Gasteiger partial charge in [0.05, 0.1) is 38.1 Å². The Morgan fingerprint density at radius 2 is 2.04 bits per heavy atom. The number of amidine groups is 1. The number of allylic oxidation sites excluding steroid dienone is 2. The molecule has 0 aromatic heterocycles. The minimum Gasteiger partial charge on any atom is -0.497 e. The number of ether oxygens (including phenoxy) is 3. The monoisotopic (exact) mass is 374 g/mol. The van der Waals surface area contributed by atoms with Crippen molar-refractivity contribution in [2.45, 2.75) is 26.8 Å². The standard InChI is InChI=1S/C19H22N2O4S/c1-6-25-18(22)16-12(3)20-19-21(11(2)10-26-19)17(16)14-8-7-13(23-4)9-15(14)24-5/h7-10,17H,6H2,1-5H3/t17-/m0/s1. The number of rotatable bonds is 5. The van der Waals surface area contributed by atoms with E-state index in [4.69, 9.17) is 14.2 Å². The van der Waals surface area contributed by atoms with E-state index in [1.165, 1.54) is 0 Å². The zero-order valence-corrected chi connectivity index (χ0v) is 16.3. The number of thioether (sulfide) groups is 1. The SMILES string of the molecule is CCOC(=O)C1=C(C)N=C2SC=C(C)N2[C@H]1c1ccc(OC)cc1OC. The number of hydrogen-bond acceptors (Lipinski definition) is 7. The Morgan fingerprint density at radius 3 is 2.69 bits per heavy atom. The van der Waals surface area contributed by atoms with Crippen molar-refractivity contribution in [2.24, 2.45) is 4.99 Å². The van der Waals surface area contributed by atoms with Crippen LogP contribution in [0.5, 0.6) is 11.5 Å². The molecule has 6 nitrogen and oxygen atoms in total. The van der Waals surface area contributed by atoms with Gasteiger partial charge in [0.2, 0.25) is 0 Å². The van der Waals surface area contributed by atoms with Gasteiger partial charge in [-0.05, 0) is 38.3 Å². The molecule has 2 aliphatic heterocycles. The summed E-state index contributed by atoms with van der Waals surface area (Å²) in [7, 11) is 3.22. The van der Waals surface area contributed by atoms with Crippen molar-refractivity contribution >= 4 is 22.9 Å². The minimum absolute atomic E-state index is 0.308. The summed E-state index contributed by atoms with van der Waals surface area (Å²) in [5, 5.41) is 2.87. The van der Waals surface area contributed by atoms with Crippen molar-refractivity contribution in [3.05, 3.63) is 46.1 Å². The van der Waals surface area contributed by atoms with Crippen LogP contribution in [-0.4, -0.2) is 36.9 Å². The fraction of sp³-hybridized carbons (Fsp3) is 0.368. The Bertz CT molecular complexity index is 829. The summed E-state index contributed by atoms with van der Waals surface area (Å²) in [6, 6.07) is 5.24. The van der Waals surface area contributed by atoms with Crippen LogP contribution >= 0.6 is 11.8 Å². The minimum atomic E-state index is -0.367. The van der Waals surface area contributed by atoms with Gasteiger partial charge in [-0.2, -0.15) is 0 Å². The first-order valence-electron chi connectivity index (χ1n) is 8.33. The zero-order valence-electron chi connectivity index (χ0n) is 15.5. The Labute approximate surface area is 157 Å². The van der Waals surface area contributed by atoms with Crippen molar-refractivity contribution in [3.8, 4) is 11.5 Å². The number of aliphatic imine (C=N–C) groups is 1. The third-order valence-corrected chi connectivity index (χ3v) is 5.29. The first-order valence-corrected chi connectivity index (χ1v) is 9.20. The Morgan fingerprint density at radius 1 is 1.27 bits per heavy atom. The van der Waals surface area contributed by atoms with Gasteiger partial charge in [0, 0.05) is 17.3 Å². The summed E-state index contributed by atoms with van der Waals surface area (Å²) in [5.41, 5.74) is 3.06. The highest BCUT2D eigenvalue weighted by atomic mass is 32.2. The Balaban J connectivity index is 2.18. The molecule has 0 saturated heterocycles. The van der Waals surface area contributed by atoms with Crippen LogP contribution < -0.4 is 9.47 Å². The summed E-state index contributed by atoms with van der Waals surface area (Å²) in [5.74, 6) is 0.979. The first-order chi connectivity index (χ1) is 12.5. The summed E-state index contributed by atoms with van der Waals surface area (Å²) < 4.78 is 16.2. The van der Waals surface area contributed by atoms with Gasteiger partial charge >= 0.3 is 5.97 Å². The van der Waals surface area contributed by atoms with Gasteiger partial charge in [0.15, 0.2) is 5.17 Å². The molecule has 0 spiro atoms. The normalized spacial score (nSPS) is 19.0. The third kappa shape index (κ3) is 3.07. The van der Waals surface area contributed by atoms with Gasteiger partial charge in [-0.15, -0.1) is 0 Å². The van der Waals surface area contributed by atoms with E-state index in [-0.39, 0.29) is 12.0 Å². The molecular formula is C19H22N2O4S. The zero-order chi connectivity index (χ0) is 18.8. The average molecular weight is 374 g/mol. The molecule has 1 aromatic rings. The van der Waals surface area contributed by atoms with E-state index in [2.05, 4.69) is 4.99 Å². The molecule has 138 valence electrons. The maximum absolute atomic E-state index is 12.7. The fourth-order valence-corrected chi connectivity index (χ4v) is 4.08. The lowest BCUT2D eigenvalue weighted by Gasteiger charge is -2.36. The van der Waals surface area contributed by atoms with Crippen LogP contribution in [0.15, 0.2) is 45.6 Å². The van der Waals surface area contributed by atoms with Gasteiger partial charge in [0.25, 0.3) is 0 Å². The number of carbonyl (C=O) groups excluding carboxylic acids is 1. The molecule has 7 heteroatoms. The Hall–Kier alpha value is -2.41. The smallest absolute Gasteiger partial charge is 0.338 e. The molecule has 0 amide bonds. The third-order valence-electron chi connectivity index (χ3n) is 4.34. The predicted octanol–water partition coefficient (Wildman–Crippen LogP) is 3.86.